The molecule has 3 amide bonds. The van der Waals surface area contributed by atoms with Gasteiger partial charge in [-0.1, -0.05) is 24.6 Å². The van der Waals surface area contributed by atoms with Crippen LogP contribution in [0.25, 0.3) is 0 Å². The Balaban J connectivity index is 1.34. The van der Waals surface area contributed by atoms with Gasteiger partial charge >= 0.3 is 6.03 Å². The van der Waals surface area contributed by atoms with Crippen LogP contribution < -0.4 is 10.2 Å². The van der Waals surface area contributed by atoms with Crippen molar-refractivity contribution in [2.24, 2.45) is 5.92 Å². The quantitative estimate of drug-likeness (QED) is 0.902. The molecule has 1 aliphatic carbocycles. The highest BCUT2D eigenvalue weighted by molar-refractivity contribution is 5.91. The second-order valence-electron chi connectivity index (χ2n) is 7.29. The third kappa shape index (κ3) is 3.67. The van der Waals surface area contributed by atoms with Crippen LogP contribution in [-0.4, -0.2) is 40.2 Å². The molecule has 0 spiro atoms. The van der Waals surface area contributed by atoms with E-state index in [4.69, 9.17) is 0 Å². The van der Waals surface area contributed by atoms with E-state index in [2.05, 4.69) is 10.4 Å². The first-order valence-corrected chi connectivity index (χ1v) is 9.53. The van der Waals surface area contributed by atoms with Gasteiger partial charge in [0.05, 0.1) is 31.0 Å². The zero-order valence-electron chi connectivity index (χ0n) is 15.6. The second kappa shape index (κ2) is 7.42. The van der Waals surface area contributed by atoms with Crippen molar-refractivity contribution in [2.75, 3.05) is 18.5 Å². The number of amides is 3. The number of nitrogens with one attached hydrogen (secondary N) is 1. The number of benzene rings is 1. The predicted molar refractivity (Wildman–Crippen MR) is 102 cm³/mol. The summed E-state index contributed by atoms with van der Waals surface area (Å²) in [6.07, 6.45) is 3.23. The molecule has 0 atom stereocenters. The van der Waals surface area contributed by atoms with E-state index in [1.807, 2.05) is 46.0 Å². The van der Waals surface area contributed by atoms with Crippen LogP contribution in [0.3, 0.4) is 0 Å². The molecule has 1 aromatic heterocycles. The maximum absolute atomic E-state index is 12.5. The molecule has 142 valence electrons. The first-order valence-electron chi connectivity index (χ1n) is 9.53. The highest BCUT2D eigenvalue weighted by Crippen LogP contribution is 2.29. The minimum absolute atomic E-state index is 0.172. The summed E-state index contributed by atoms with van der Waals surface area (Å²) >= 11 is 0. The molecule has 27 heavy (non-hydrogen) atoms. The molecule has 2 aromatic rings. The third-order valence-corrected chi connectivity index (χ3v) is 5.48. The zero-order chi connectivity index (χ0) is 18.8. The van der Waals surface area contributed by atoms with Gasteiger partial charge in [0.25, 0.3) is 0 Å². The van der Waals surface area contributed by atoms with Crippen molar-refractivity contribution in [3.63, 3.8) is 0 Å². The first kappa shape index (κ1) is 17.6. The number of aromatic nitrogens is 2. The number of hydrogen-bond acceptors (Lipinski definition) is 3. The van der Waals surface area contributed by atoms with E-state index >= 15 is 0 Å². The van der Waals surface area contributed by atoms with Crippen LogP contribution >= 0.6 is 0 Å². The van der Waals surface area contributed by atoms with E-state index in [1.54, 1.807) is 11.9 Å². The van der Waals surface area contributed by atoms with Gasteiger partial charge in [0.15, 0.2) is 0 Å². The van der Waals surface area contributed by atoms with Crippen LogP contribution in [0.1, 0.15) is 30.7 Å². The monoisotopic (exact) mass is 367 g/mol. The minimum Gasteiger partial charge on any atom is -0.335 e. The van der Waals surface area contributed by atoms with Crippen LogP contribution in [0, 0.1) is 5.92 Å². The number of carbonyl (C=O) groups is 2. The number of nitrogens with zero attached hydrogens (tertiary/aromatic N) is 4. The molecular weight excluding hydrogens is 342 g/mol. The van der Waals surface area contributed by atoms with Crippen molar-refractivity contribution < 1.29 is 9.59 Å². The molecule has 0 saturated heterocycles. The number of carbonyl (C=O) groups excluding carboxylic acids is 2. The molecule has 7 nitrogen and oxygen atoms in total. The van der Waals surface area contributed by atoms with Gasteiger partial charge in [0.2, 0.25) is 5.91 Å². The zero-order valence-corrected chi connectivity index (χ0v) is 15.6. The van der Waals surface area contributed by atoms with E-state index in [-0.39, 0.29) is 17.9 Å². The van der Waals surface area contributed by atoms with Gasteiger partial charge in [-0.05, 0) is 31.0 Å². The van der Waals surface area contributed by atoms with E-state index in [9.17, 15) is 9.59 Å². The lowest BCUT2D eigenvalue weighted by molar-refractivity contribution is -0.139. The maximum atomic E-state index is 12.5. The second-order valence-corrected chi connectivity index (χ2v) is 7.29. The van der Waals surface area contributed by atoms with Crippen molar-refractivity contribution >= 4 is 17.6 Å². The average Bonchev–Trinajstić information content (AvgIpc) is 3.06. The van der Waals surface area contributed by atoms with E-state index < -0.39 is 0 Å². The SMILES string of the molecule is CN(C(=O)NCc1cc2n(n1)CCN(C(=O)C1CCC1)C2)c1ccccc1. The topological polar surface area (TPSA) is 70.5 Å². The number of rotatable bonds is 4. The number of hydrogen-bond donors (Lipinski definition) is 1. The van der Waals surface area contributed by atoms with E-state index in [1.165, 1.54) is 6.42 Å². The summed E-state index contributed by atoms with van der Waals surface area (Å²) in [5, 5.41) is 7.48. The van der Waals surface area contributed by atoms with Gasteiger partial charge in [0.1, 0.15) is 0 Å². The average molecular weight is 367 g/mol. The lowest BCUT2D eigenvalue weighted by Crippen LogP contribution is -2.43. The summed E-state index contributed by atoms with van der Waals surface area (Å²) in [5.41, 5.74) is 2.69. The summed E-state index contributed by atoms with van der Waals surface area (Å²) in [4.78, 5) is 28.3. The molecular formula is C20H25N5O2. The van der Waals surface area contributed by atoms with Crippen molar-refractivity contribution in [1.82, 2.24) is 20.0 Å². The largest absolute Gasteiger partial charge is 0.335 e. The molecule has 1 fully saturated rings. The summed E-state index contributed by atoms with van der Waals surface area (Å²) in [5.74, 6) is 0.514. The molecule has 1 saturated carbocycles. The Hall–Kier alpha value is -2.83. The molecule has 7 heteroatoms. The lowest BCUT2D eigenvalue weighted by atomic mass is 9.84. The van der Waals surface area contributed by atoms with Gasteiger partial charge < -0.3 is 10.2 Å². The van der Waals surface area contributed by atoms with Gasteiger partial charge in [-0.15, -0.1) is 0 Å². The molecule has 1 N–H and O–H groups in total. The maximum Gasteiger partial charge on any atom is 0.321 e. The summed E-state index contributed by atoms with van der Waals surface area (Å²) < 4.78 is 1.95. The third-order valence-electron chi connectivity index (χ3n) is 5.48. The first-order chi connectivity index (χ1) is 13.1. The minimum atomic E-state index is -0.172. The number of urea groups is 1. The van der Waals surface area contributed by atoms with Crippen LogP contribution in [-0.2, 0) is 24.4 Å². The van der Waals surface area contributed by atoms with Gasteiger partial charge in [-0.2, -0.15) is 5.10 Å². The Morgan fingerprint density at radius 3 is 2.70 bits per heavy atom. The van der Waals surface area contributed by atoms with Gasteiger partial charge in [-0.3, -0.25) is 14.4 Å². The Morgan fingerprint density at radius 2 is 2.00 bits per heavy atom. The Kier molecular flexibility index (Phi) is 4.83. The summed E-state index contributed by atoms with van der Waals surface area (Å²) in [6, 6.07) is 11.3. The highest BCUT2D eigenvalue weighted by atomic mass is 16.2. The summed E-state index contributed by atoms with van der Waals surface area (Å²) in [6.45, 7) is 2.41. The van der Waals surface area contributed by atoms with Crippen LogP contribution in [0.2, 0.25) is 0 Å². The van der Waals surface area contributed by atoms with Gasteiger partial charge in [0, 0.05) is 25.2 Å². The van der Waals surface area contributed by atoms with Crippen molar-refractivity contribution in [3.8, 4) is 0 Å². The van der Waals surface area contributed by atoms with Crippen molar-refractivity contribution in [1.29, 1.82) is 0 Å². The van der Waals surface area contributed by atoms with Crippen LogP contribution in [0.5, 0.6) is 0 Å². The molecule has 0 unspecified atom stereocenters. The molecule has 0 bridgehead atoms. The highest BCUT2D eigenvalue weighted by Gasteiger charge is 2.31. The van der Waals surface area contributed by atoms with E-state index in [0.717, 1.165) is 29.9 Å². The smallest absolute Gasteiger partial charge is 0.321 e. The number of fused-ring (bicyclic) bond motifs is 1. The molecule has 1 aliphatic heterocycles. The predicted octanol–water partition coefficient (Wildman–Crippen LogP) is 2.37. The van der Waals surface area contributed by atoms with Crippen LogP contribution in [0.4, 0.5) is 10.5 Å². The molecule has 4 rings (SSSR count). The lowest BCUT2D eigenvalue weighted by Gasteiger charge is -2.34. The Morgan fingerprint density at radius 1 is 1.22 bits per heavy atom. The van der Waals surface area contributed by atoms with E-state index in [0.29, 0.717) is 26.2 Å². The standard InChI is InChI=1S/C20H25N5O2/c1-23(17-8-3-2-4-9-17)20(27)21-13-16-12-18-14-24(10-11-25(18)22-16)19(26)15-6-5-7-15/h2-4,8-9,12,15H,5-7,10-11,13-14H2,1H3,(H,21,27). The fraction of sp³-hybridized carbons (Fsp3) is 0.450. The molecule has 1 aromatic carbocycles. The molecule has 2 aliphatic rings. The Labute approximate surface area is 158 Å². The molecule has 2 heterocycles. The Bertz CT molecular complexity index is 828. The number of anilines is 1. The van der Waals surface area contributed by atoms with Crippen molar-refractivity contribution in [2.45, 2.75) is 38.9 Å². The van der Waals surface area contributed by atoms with Crippen LogP contribution in [0.15, 0.2) is 36.4 Å². The van der Waals surface area contributed by atoms with Gasteiger partial charge in [-0.25, -0.2) is 4.79 Å². The summed E-state index contributed by atoms with van der Waals surface area (Å²) in [7, 11) is 1.74. The van der Waals surface area contributed by atoms with Crippen molar-refractivity contribution in [3.05, 3.63) is 47.8 Å². The number of para-hydroxylation sites is 1. The fourth-order valence-corrected chi connectivity index (χ4v) is 3.57. The normalized spacial score (nSPS) is 16.4. The fourth-order valence-electron chi connectivity index (χ4n) is 3.57. The molecule has 0 radical (unpaired) electrons.